The van der Waals surface area contributed by atoms with E-state index < -0.39 is 0 Å². The topological polar surface area (TPSA) is 24.4 Å². The third kappa shape index (κ3) is 3.08. The van der Waals surface area contributed by atoms with Gasteiger partial charge in [0.1, 0.15) is 0 Å². The van der Waals surface area contributed by atoms with Crippen molar-refractivity contribution in [3.63, 3.8) is 0 Å². The summed E-state index contributed by atoms with van der Waals surface area (Å²) in [5.74, 6) is 0. The summed E-state index contributed by atoms with van der Waals surface area (Å²) in [6, 6.07) is 8.34. The Balaban J connectivity index is 1.94. The molecule has 0 amide bonds. The maximum atomic E-state index is 4.45. The van der Waals surface area contributed by atoms with Crippen LogP contribution in [0.2, 0.25) is 0 Å². The second kappa shape index (κ2) is 4.96. The van der Waals surface area contributed by atoms with E-state index in [-0.39, 0.29) is 0 Å². The molecule has 2 rings (SSSR count). The van der Waals surface area contributed by atoms with Crippen LogP contribution in [-0.2, 0) is 0 Å². The minimum atomic E-state index is 1.08. The molecular formula is C13H18N2. The second-order valence-electron chi connectivity index (χ2n) is 4.22. The average molecular weight is 202 g/mol. The molecule has 0 heterocycles. The van der Waals surface area contributed by atoms with Crippen LogP contribution in [0.25, 0.3) is 0 Å². The number of aryl methyl sites for hydroxylation is 1. The number of hydrogen-bond donors (Lipinski definition) is 1. The van der Waals surface area contributed by atoms with Crippen LogP contribution in [0.1, 0.15) is 37.7 Å². The van der Waals surface area contributed by atoms with Crippen LogP contribution in [0, 0.1) is 6.92 Å². The number of hydrazone groups is 1. The number of hydrogen-bond acceptors (Lipinski definition) is 2. The molecule has 2 nitrogen and oxygen atoms in total. The van der Waals surface area contributed by atoms with Gasteiger partial charge in [-0.3, -0.25) is 5.43 Å². The SMILES string of the molecule is Cc1ccc(NN=C2CCCCC2)cc1. The second-order valence-corrected chi connectivity index (χ2v) is 4.22. The number of anilines is 1. The minimum Gasteiger partial charge on any atom is -0.279 e. The third-order valence-corrected chi connectivity index (χ3v) is 2.83. The van der Waals surface area contributed by atoms with Crippen LogP contribution in [0.3, 0.4) is 0 Å². The molecule has 1 fully saturated rings. The highest BCUT2D eigenvalue weighted by atomic mass is 15.3. The largest absolute Gasteiger partial charge is 0.279 e. The van der Waals surface area contributed by atoms with E-state index in [9.17, 15) is 0 Å². The Morgan fingerprint density at radius 1 is 1.00 bits per heavy atom. The van der Waals surface area contributed by atoms with Gasteiger partial charge in [0, 0.05) is 5.71 Å². The molecule has 1 saturated carbocycles. The van der Waals surface area contributed by atoms with Crippen LogP contribution in [0.4, 0.5) is 5.69 Å². The number of nitrogens with zero attached hydrogens (tertiary/aromatic N) is 1. The van der Waals surface area contributed by atoms with Gasteiger partial charge in [0.2, 0.25) is 0 Å². The summed E-state index contributed by atoms with van der Waals surface area (Å²) in [5, 5.41) is 4.45. The van der Waals surface area contributed by atoms with Gasteiger partial charge in [0.05, 0.1) is 5.69 Å². The molecule has 0 bridgehead atoms. The molecule has 2 heteroatoms. The van der Waals surface area contributed by atoms with Crippen LogP contribution in [0.15, 0.2) is 29.4 Å². The molecule has 1 aliphatic carbocycles. The van der Waals surface area contributed by atoms with Crippen LogP contribution in [0.5, 0.6) is 0 Å². The van der Waals surface area contributed by atoms with Gasteiger partial charge in [-0.25, -0.2) is 0 Å². The Labute approximate surface area is 91.4 Å². The van der Waals surface area contributed by atoms with E-state index >= 15 is 0 Å². The molecule has 0 unspecified atom stereocenters. The standard InChI is InChI=1S/C13H18N2/c1-11-7-9-13(10-8-11)15-14-12-5-3-2-4-6-12/h7-10,15H,2-6H2,1H3. The average Bonchev–Trinajstić information content (AvgIpc) is 2.30. The van der Waals surface area contributed by atoms with Gasteiger partial charge in [-0.1, -0.05) is 24.1 Å². The Morgan fingerprint density at radius 3 is 2.33 bits per heavy atom. The Hall–Kier alpha value is -1.31. The van der Waals surface area contributed by atoms with E-state index in [1.807, 2.05) is 0 Å². The summed E-state index contributed by atoms with van der Waals surface area (Å²) >= 11 is 0. The van der Waals surface area contributed by atoms with E-state index in [4.69, 9.17) is 0 Å². The first-order chi connectivity index (χ1) is 7.34. The number of nitrogens with one attached hydrogen (secondary N) is 1. The fourth-order valence-corrected chi connectivity index (χ4v) is 1.84. The highest BCUT2D eigenvalue weighted by Crippen LogP contribution is 2.15. The molecule has 0 radical (unpaired) electrons. The third-order valence-electron chi connectivity index (χ3n) is 2.83. The summed E-state index contributed by atoms with van der Waals surface area (Å²) in [7, 11) is 0. The van der Waals surface area contributed by atoms with Crippen molar-refractivity contribution in [1.82, 2.24) is 0 Å². The van der Waals surface area contributed by atoms with Gasteiger partial charge in [-0.15, -0.1) is 0 Å². The first-order valence-corrected chi connectivity index (χ1v) is 5.73. The molecular weight excluding hydrogens is 184 g/mol. The summed E-state index contributed by atoms with van der Waals surface area (Å²) in [5.41, 5.74) is 6.82. The highest BCUT2D eigenvalue weighted by molar-refractivity contribution is 5.85. The smallest absolute Gasteiger partial charge is 0.0561 e. The molecule has 0 saturated heterocycles. The zero-order valence-corrected chi connectivity index (χ0v) is 9.29. The summed E-state index contributed by atoms with van der Waals surface area (Å²) in [4.78, 5) is 0. The van der Waals surface area contributed by atoms with E-state index in [1.54, 1.807) is 0 Å². The Kier molecular flexibility index (Phi) is 3.38. The Morgan fingerprint density at radius 2 is 1.67 bits per heavy atom. The van der Waals surface area contributed by atoms with Crippen molar-refractivity contribution in [2.75, 3.05) is 5.43 Å². The first-order valence-electron chi connectivity index (χ1n) is 5.73. The molecule has 0 aliphatic heterocycles. The van der Waals surface area contributed by atoms with E-state index in [1.165, 1.54) is 43.4 Å². The van der Waals surface area contributed by atoms with E-state index in [0.717, 1.165) is 5.69 Å². The molecule has 15 heavy (non-hydrogen) atoms. The molecule has 1 aromatic rings. The quantitative estimate of drug-likeness (QED) is 0.726. The fourth-order valence-electron chi connectivity index (χ4n) is 1.84. The summed E-state index contributed by atoms with van der Waals surface area (Å²) in [6.45, 7) is 2.09. The van der Waals surface area contributed by atoms with Gasteiger partial charge in [0.25, 0.3) is 0 Å². The molecule has 80 valence electrons. The van der Waals surface area contributed by atoms with Gasteiger partial charge in [-0.2, -0.15) is 5.10 Å². The van der Waals surface area contributed by atoms with Crippen molar-refractivity contribution in [3.05, 3.63) is 29.8 Å². The summed E-state index contributed by atoms with van der Waals surface area (Å²) < 4.78 is 0. The van der Waals surface area contributed by atoms with Crippen LogP contribution < -0.4 is 5.43 Å². The Bertz CT molecular complexity index is 330. The van der Waals surface area contributed by atoms with Gasteiger partial charge < -0.3 is 0 Å². The van der Waals surface area contributed by atoms with Crippen LogP contribution >= 0.6 is 0 Å². The van der Waals surface area contributed by atoms with Gasteiger partial charge in [-0.05, 0) is 44.7 Å². The molecule has 0 atom stereocenters. The highest BCUT2D eigenvalue weighted by Gasteiger charge is 2.05. The number of rotatable bonds is 2. The van der Waals surface area contributed by atoms with Crippen molar-refractivity contribution in [2.45, 2.75) is 39.0 Å². The minimum absolute atomic E-state index is 1.08. The van der Waals surface area contributed by atoms with Crippen molar-refractivity contribution in [3.8, 4) is 0 Å². The zero-order valence-electron chi connectivity index (χ0n) is 9.29. The molecule has 1 N–H and O–H groups in total. The molecule has 1 aromatic carbocycles. The maximum Gasteiger partial charge on any atom is 0.0561 e. The van der Waals surface area contributed by atoms with Crippen molar-refractivity contribution in [1.29, 1.82) is 0 Å². The van der Waals surface area contributed by atoms with Crippen molar-refractivity contribution >= 4 is 11.4 Å². The molecule has 1 aliphatic rings. The predicted octanol–water partition coefficient (Wildman–Crippen LogP) is 3.73. The monoisotopic (exact) mass is 202 g/mol. The maximum absolute atomic E-state index is 4.45. The van der Waals surface area contributed by atoms with E-state index in [0.29, 0.717) is 0 Å². The molecule has 0 aromatic heterocycles. The predicted molar refractivity (Wildman–Crippen MR) is 65.3 cm³/mol. The van der Waals surface area contributed by atoms with Crippen LogP contribution in [-0.4, -0.2) is 5.71 Å². The van der Waals surface area contributed by atoms with Gasteiger partial charge in [0.15, 0.2) is 0 Å². The fraction of sp³-hybridized carbons (Fsp3) is 0.462. The first kappa shape index (κ1) is 10.2. The normalized spacial score (nSPS) is 16.2. The lowest BCUT2D eigenvalue weighted by molar-refractivity contribution is 0.665. The number of benzene rings is 1. The lowest BCUT2D eigenvalue weighted by Crippen LogP contribution is -2.07. The molecule has 0 spiro atoms. The van der Waals surface area contributed by atoms with E-state index in [2.05, 4.69) is 41.7 Å². The van der Waals surface area contributed by atoms with Gasteiger partial charge >= 0.3 is 0 Å². The lowest BCUT2D eigenvalue weighted by Gasteiger charge is -2.12. The van der Waals surface area contributed by atoms with Crippen molar-refractivity contribution < 1.29 is 0 Å². The van der Waals surface area contributed by atoms with Crippen molar-refractivity contribution in [2.24, 2.45) is 5.10 Å². The zero-order chi connectivity index (χ0) is 10.5. The lowest BCUT2D eigenvalue weighted by atomic mass is 9.99. The summed E-state index contributed by atoms with van der Waals surface area (Å²) in [6.07, 6.45) is 6.30.